The van der Waals surface area contributed by atoms with Gasteiger partial charge in [0, 0.05) is 12.5 Å². The number of hydrogen-bond donors (Lipinski definition) is 1. The Hall–Kier alpha value is -1.42. The van der Waals surface area contributed by atoms with Gasteiger partial charge in [0.15, 0.2) is 0 Å². The SMILES string of the molecule is CCOC(=O)CC(C)CC(N)c1ccc(F)c(C)c1. The van der Waals surface area contributed by atoms with Crippen LogP contribution < -0.4 is 5.73 Å². The molecular weight excluding hydrogens is 245 g/mol. The monoisotopic (exact) mass is 267 g/mol. The van der Waals surface area contributed by atoms with Gasteiger partial charge >= 0.3 is 5.97 Å². The van der Waals surface area contributed by atoms with Gasteiger partial charge in [0.25, 0.3) is 0 Å². The molecule has 0 spiro atoms. The molecule has 2 N–H and O–H groups in total. The standard InChI is InChI=1S/C15H22FNO2/c1-4-19-15(18)8-10(2)7-14(17)12-5-6-13(16)11(3)9-12/h5-6,9-10,14H,4,7-8,17H2,1-3H3. The first kappa shape index (κ1) is 15.6. The van der Waals surface area contributed by atoms with Gasteiger partial charge < -0.3 is 10.5 Å². The van der Waals surface area contributed by atoms with E-state index < -0.39 is 0 Å². The molecule has 1 aromatic carbocycles. The predicted molar refractivity (Wildman–Crippen MR) is 73.1 cm³/mol. The van der Waals surface area contributed by atoms with Gasteiger partial charge in [-0.05, 0) is 43.4 Å². The predicted octanol–water partition coefficient (Wildman–Crippen LogP) is 3.11. The molecule has 0 aromatic heterocycles. The second-order valence-corrected chi connectivity index (χ2v) is 4.97. The summed E-state index contributed by atoms with van der Waals surface area (Å²) in [5.74, 6) is -0.285. The zero-order chi connectivity index (χ0) is 14.4. The number of nitrogens with two attached hydrogens (primary N) is 1. The van der Waals surface area contributed by atoms with Crippen molar-refractivity contribution in [2.75, 3.05) is 6.61 Å². The number of ether oxygens (including phenoxy) is 1. The molecule has 0 bridgehead atoms. The van der Waals surface area contributed by atoms with E-state index in [1.807, 2.05) is 6.92 Å². The normalized spacial score (nSPS) is 13.9. The van der Waals surface area contributed by atoms with Gasteiger partial charge in [0.1, 0.15) is 5.82 Å². The van der Waals surface area contributed by atoms with E-state index in [0.29, 0.717) is 25.0 Å². The molecule has 0 saturated heterocycles. The Labute approximate surface area is 113 Å². The van der Waals surface area contributed by atoms with E-state index in [2.05, 4.69) is 0 Å². The third-order valence-corrected chi connectivity index (χ3v) is 3.09. The van der Waals surface area contributed by atoms with E-state index in [4.69, 9.17) is 10.5 Å². The Morgan fingerprint density at radius 3 is 2.74 bits per heavy atom. The minimum Gasteiger partial charge on any atom is -0.466 e. The summed E-state index contributed by atoms with van der Waals surface area (Å²) in [7, 11) is 0. The summed E-state index contributed by atoms with van der Waals surface area (Å²) < 4.78 is 18.1. The molecule has 0 radical (unpaired) electrons. The van der Waals surface area contributed by atoms with Gasteiger partial charge in [-0.1, -0.05) is 19.1 Å². The number of carbonyl (C=O) groups is 1. The summed E-state index contributed by atoms with van der Waals surface area (Å²) >= 11 is 0. The van der Waals surface area contributed by atoms with Gasteiger partial charge in [-0.15, -0.1) is 0 Å². The lowest BCUT2D eigenvalue weighted by molar-refractivity contribution is -0.144. The maximum atomic E-state index is 13.2. The molecule has 2 unspecified atom stereocenters. The van der Waals surface area contributed by atoms with E-state index in [-0.39, 0.29) is 23.7 Å². The van der Waals surface area contributed by atoms with Gasteiger partial charge in [-0.3, -0.25) is 4.79 Å². The van der Waals surface area contributed by atoms with E-state index >= 15 is 0 Å². The lowest BCUT2D eigenvalue weighted by Gasteiger charge is -2.17. The molecule has 2 atom stereocenters. The van der Waals surface area contributed by atoms with Crippen molar-refractivity contribution in [3.63, 3.8) is 0 Å². The molecular formula is C15H22FNO2. The maximum absolute atomic E-state index is 13.2. The van der Waals surface area contributed by atoms with E-state index in [9.17, 15) is 9.18 Å². The molecule has 4 heteroatoms. The Morgan fingerprint density at radius 2 is 2.16 bits per heavy atom. The molecule has 0 amide bonds. The number of benzene rings is 1. The van der Waals surface area contributed by atoms with Crippen LogP contribution in [0.3, 0.4) is 0 Å². The fourth-order valence-corrected chi connectivity index (χ4v) is 2.06. The van der Waals surface area contributed by atoms with E-state index in [0.717, 1.165) is 5.56 Å². The van der Waals surface area contributed by atoms with Crippen molar-refractivity contribution in [2.24, 2.45) is 11.7 Å². The van der Waals surface area contributed by atoms with E-state index in [1.54, 1.807) is 26.0 Å². The minimum atomic E-state index is -0.226. The quantitative estimate of drug-likeness (QED) is 0.806. The van der Waals surface area contributed by atoms with Crippen LogP contribution in [0, 0.1) is 18.7 Å². The van der Waals surface area contributed by atoms with Crippen LogP contribution >= 0.6 is 0 Å². The smallest absolute Gasteiger partial charge is 0.306 e. The average molecular weight is 267 g/mol. The zero-order valence-electron chi connectivity index (χ0n) is 11.8. The summed E-state index contributed by atoms with van der Waals surface area (Å²) in [5, 5.41) is 0. The molecule has 0 fully saturated rings. The first-order chi connectivity index (χ1) is 8.93. The summed E-state index contributed by atoms with van der Waals surface area (Å²) in [4.78, 5) is 11.4. The molecule has 106 valence electrons. The van der Waals surface area contributed by atoms with Crippen LogP contribution in [0.25, 0.3) is 0 Å². The van der Waals surface area contributed by atoms with Gasteiger partial charge in [0.2, 0.25) is 0 Å². The van der Waals surface area contributed by atoms with Gasteiger partial charge in [0.05, 0.1) is 6.61 Å². The number of esters is 1. The van der Waals surface area contributed by atoms with Crippen LogP contribution in [-0.4, -0.2) is 12.6 Å². The highest BCUT2D eigenvalue weighted by molar-refractivity contribution is 5.69. The number of rotatable bonds is 6. The summed E-state index contributed by atoms with van der Waals surface area (Å²) in [6.07, 6.45) is 1.03. The fraction of sp³-hybridized carbons (Fsp3) is 0.533. The Morgan fingerprint density at radius 1 is 1.47 bits per heavy atom. The second kappa shape index (κ2) is 7.24. The van der Waals surface area contributed by atoms with Crippen molar-refractivity contribution < 1.29 is 13.9 Å². The molecule has 0 aliphatic rings. The Balaban J connectivity index is 2.56. The number of carbonyl (C=O) groups excluding carboxylic acids is 1. The summed E-state index contributed by atoms with van der Waals surface area (Å²) in [6.45, 7) is 5.87. The average Bonchev–Trinajstić information content (AvgIpc) is 2.32. The van der Waals surface area contributed by atoms with Crippen LogP contribution in [-0.2, 0) is 9.53 Å². The second-order valence-electron chi connectivity index (χ2n) is 4.97. The maximum Gasteiger partial charge on any atom is 0.306 e. The summed E-state index contributed by atoms with van der Waals surface area (Å²) in [5.41, 5.74) is 7.58. The third kappa shape index (κ3) is 4.99. The highest BCUT2D eigenvalue weighted by Crippen LogP contribution is 2.22. The van der Waals surface area contributed by atoms with Crippen molar-refractivity contribution in [1.29, 1.82) is 0 Å². The minimum absolute atomic E-state index is 0.138. The van der Waals surface area contributed by atoms with Crippen LogP contribution in [0.2, 0.25) is 0 Å². The van der Waals surface area contributed by atoms with Crippen molar-refractivity contribution in [3.05, 3.63) is 35.1 Å². The number of aryl methyl sites for hydroxylation is 1. The van der Waals surface area contributed by atoms with Crippen molar-refractivity contribution in [3.8, 4) is 0 Å². The third-order valence-electron chi connectivity index (χ3n) is 3.09. The van der Waals surface area contributed by atoms with Gasteiger partial charge in [-0.25, -0.2) is 4.39 Å². The van der Waals surface area contributed by atoms with Crippen LogP contribution in [0.4, 0.5) is 4.39 Å². The number of halogens is 1. The molecule has 0 saturated carbocycles. The number of hydrogen-bond acceptors (Lipinski definition) is 3. The largest absolute Gasteiger partial charge is 0.466 e. The lowest BCUT2D eigenvalue weighted by Crippen LogP contribution is -2.17. The molecule has 0 heterocycles. The molecule has 1 aromatic rings. The Kier molecular flexibility index (Phi) is 5.96. The van der Waals surface area contributed by atoms with Crippen molar-refractivity contribution >= 4 is 5.97 Å². The van der Waals surface area contributed by atoms with Crippen LogP contribution in [0.5, 0.6) is 0 Å². The van der Waals surface area contributed by atoms with Crippen molar-refractivity contribution in [1.82, 2.24) is 0 Å². The fourth-order valence-electron chi connectivity index (χ4n) is 2.06. The highest BCUT2D eigenvalue weighted by atomic mass is 19.1. The van der Waals surface area contributed by atoms with Crippen molar-refractivity contribution in [2.45, 2.75) is 39.7 Å². The molecule has 3 nitrogen and oxygen atoms in total. The first-order valence-electron chi connectivity index (χ1n) is 6.61. The Bertz CT molecular complexity index is 434. The molecule has 19 heavy (non-hydrogen) atoms. The summed E-state index contributed by atoms with van der Waals surface area (Å²) in [6, 6.07) is 4.70. The van der Waals surface area contributed by atoms with E-state index in [1.165, 1.54) is 6.07 Å². The highest BCUT2D eigenvalue weighted by Gasteiger charge is 2.15. The molecule has 1 rings (SSSR count). The van der Waals surface area contributed by atoms with Crippen LogP contribution in [0.15, 0.2) is 18.2 Å². The van der Waals surface area contributed by atoms with Crippen LogP contribution in [0.1, 0.15) is 43.9 Å². The molecule has 0 aliphatic carbocycles. The first-order valence-corrected chi connectivity index (χ1v) is 6.61. The topological polar surface area (TPSA) is 52.3 Å². The van der Waals surface area contributed by atoms with Gasteiger partial charge in [-0.2, -0.15) is 0 Å². The molecule has 0 aliphatic heterocycles. The zero-order valence-corrected chi connectivity index (χ0v) is 11.8. The lowest BCUT2D eigenvalue weighted by atomic mass is 9.93.